The number of aromatic nitrogens is 2. The summed E-state index contributed by atoms with van der Waals surface area (Å²) in [7, 11) is -1.16. The summed E-state index contributed by atoms with van der Waals surface area (Å²) in [4.78, 5) is 19.7. The topological polar surface area (TPSA) is 56.6 Å². The maximum atomic E-state index is 12.9. The van der Waals surface area contributed by atoms with E-state index in [2.05, 4.69) is 59.2 Å². The average molecular weight is 511 g/mol. The third-order valence-electron chi connectivity index (χ3n) is 5.45. The predicted molar refractivity (Wildman–Crippen MR) is 131 cm³/mol. The van der Waals surface area contributed by atoms with Crippen LogP contribution in [0, 0.1) is 6.92 Å². The van der Waals surface area contributed by atoms with Crippen molar-refractivity contribution < 1.29 is 14.3 Å². The smallest absolute Gasteiger partial charge is 0.410 e. The Hall–Kier alpha value is -1.38. The first-order chi connectivity index (χ1) is 14.4. The Bertz CT molecular complexity index is 946. The molecule has 8 heteroatoms. The molecule has 172 valence electrons. The quantitative estimate of drug-likeness (QED) is 0.329. The van der Waals surface area contributed by atoms with E-state index in [0.717, 1.165) is 52.4 Å². The molecule has 3 rings (SSSR count). The monoisotopic (exact) mass is 509 g/mol. The van der Waals surface area contributed by atoms with E-state index >= 15 is 0 Å². The highest BCUT2D eigenvalue weighted by Gasteiger charge is 2.36. The van der Waals surface area contributed by atoms with Gasteiger partial charge in [-0.15, -0.1) is 0 Å². The fourth-order valence-electron chi connectivity index (χ4n) is 3.77. The molecule has 0 unspecified atom stereocenters. The predicted octanol–water partition coefficient (Wildman–Crippen LogP) is 6.49. The molecule has 1 atom stereocenters. The van der Waals surface area contributed by atoms with E-state index in [1.54, 1.807) is 0 Å². The zero-order valence-electron chi connectivity index (χ0n) is 19.9. The van der Waals surface area contributed by atoms with Crippen molar-refractivity contribution in [2.45, 2.75) is 84.6 Å². The second-order valence-electron chi connectivity index (χ2n) is 10.7. The summed E-state index contributed by atoms with van der Waals surface area (Å²) in [6.45, 7) is 16.7. The highest BCUT2D eigenvalue weighted by molar-refractivity contribution is 9.10. The van der Waals surface area contributed by atoms with Crippen LogP contribution in [-0.2, 0) is 16.2 Å². The van der Waals surface area contributed by atoms with Crippen LogP contribution in [0.1, 0.15) is 51.0 Å². The lowest BCUT2D eigenvalue weighted by atomic mass is 10.2. The lowest BCUT2D eigenvalue weighted by Gasteiger charge is -2.28. The minimum absolute atomic E-state index is 0.109. The van der Waals surface area contributed by atoms with Crippen molar-refractivity contribution >= 4 is 41.1 Å². The Morgan fingerprint density at radius 3 is 2.65 bits per heavy atom. The summed E-state index contributed by atoms with van der Waals surface area (Å²) in [5.74, 6) is 0.879. The molecule has 1 aliphatic rings. The van der Waals surface area contributed by atoms with Gasteiger partial charge >= 0.3 is 6.09 Å². The average Bonchev–Trinajstić information content (AvgIpc) is 3.22. The van der Waals surface area contributed by atoms with Crippen LogP contribution < -0.4 is 0 Å². The molecule has 1 aromatic carbocycles. The molecule has 1 saturated heterocycles. The lowest BCUT2D eigenvalue weighted by Crippen LogP contribution is -2.37. The van der Waals surface area contributed by atoms with E-state index in [1.807, 2.05) is 25.7 Å². The molecule has 1 amide bonds. The van der Waals surface area contributed by atoms with Crippen LogP contribution in [0.3, 0.4) is 0 Å². The molecule has 0 aliphatic carbocycles. The zero-order chi connectivity index (χ0) is 23.0. The number of likely N-dealkylation sites (tertiary alicyclic amines) is 1. The van der Waals surface area contributed by atoms with Crippen LogP contribution in [0.5, 0.6) is 0 Å². The van der Waals surface area contributed by atoms with Crippen molar-refractivity contribution in [3.8, 4) is 0 Å². The third kappa shape index (κ3) is 6.11. The molecule has 6 nitrogen and oxygen atoms in total. The van der Waals surface area contributed by atoms with Crippen LogP contribution in [0.4, 0.5) is 4.79 Å². The van der Waals surface area contributed by atoms with E-state index in [4.69, 9.17) is 14.5 Å². The number of imidazole rings is 1. The molecule has 31 heavy (non-hydrogen) atoms. The Kier molecular flexibility index (Phi) is 7.23. The van der Waals surface area contributed by atoms with Gasteiger partial charge in [-0.3, -0.25) is 4.90 Å². The highest BCUT2D eigenvalue weighted by Crippen LogP contribution is 2.35. The molecular formula is C23H36BrN3O3Si. The Morgan fingerprint density at radius 1 is 1.29 bits per heavy atom. The number of fused-ring (bicyclic) bond motifs is 1. The van der Waals surface area contributed by atoms with Crippen LogP contribution in [0.2, 0.25) is 25.7 Å². The second-order valence-corrected chi connectivity index (χ2v) is 17.1. The molecule has 0 bridgehead atoms. The molecule has 0 spiro atoms. The molecule has 0 radical (unpaired) electrons. The Morgan fingerprint density at radius 2 is 2.00 bits per heavy atom. The van der Waals surface area contributed by atoms with Gasteiger partial charge in [-0.25, -0.2) is 9.78 Å². The first kappa shape index (κ1) is 24.3. The minimum atomic E-state index is -1.16. The van der Waals surface area contributed by atoms with Gasteiger partial charge in [-0.05, 0) is 64.3 Å². The highest BCUT2D eigenvalue weighted by atomic mass is 79.9. The van der Waals surface area contributed by atoms with Gasteiger partial charge in [0.05, 0.1) is 17.1 Å². The number of amides is 1. The fourth-order valence-corrected chi connectivity index (χ4v) is 4.86. The van der Waals surface area contributed by atoms with Crippen LogP contribution in [-0.4, -0.2) is 47.4 Å². The van der Waals surface area contributed by atoms with Crippen molar-refractivity contribution in [2.24, 2.45) is 0 Å². The number of carbonyl (C=O) groups is 1. The number of hydrogen-bond acceptors (Lipinski definition) is 4. The van der Waals surface area contributed by atoms with Crippen molar-refractivity contribution in [1.29, 1.82) is 0 Å². The van der Waals surface area contributed by atoms with E-state index in [-0.39, 0.29) is 12.1 Å². The molecule has 1 aromatic heterocycles. The number of benzene rings is 1. The molecule has 0 saturated carbocycles. The molecule has 1 aliphatic heterocycles. The lowest BCUT2D eigenvalue weighted by molar-refractivity contribution is 0.0205. The maximum absolute atomic E-state index is 12.9. The van der Waals surface area contributed by atoms with Crippen molar-refractivity contribution in [2.75, 3.05) is 13.2 Å². The van der Waals surface area contributed by atoms with Gasteiger partial charge in [0.25, 0.3) is 0 Å². The zero-order valence-corrected chi connectivity index (χ0v) is 22.5. The van der Waals surface area contributed by atoms with Gasteiger partial charge in [0.1, 0.15) is 18.2 Å². The Labute approximate surface area is 195 Å². The summed E-state index contributed by atoms with van der Waals surface area (Å²) in [6.07, 6.45) is 1.54. The van der Waals surface area contributed by atoms with E-state index in [0.29, 0.717) is 13.3 Å². The first-order valence-corrected chi connectivity index (χ1v) is 15.6. The summed E-state index contributed by atoms with van der Waals surface area (Å²) in [5, 5.41) is 0. The van der Waals surface area contributed by atoms with E-state index < -0.39 is 13.7 Å². The minimum Gasteiger partial charge on any atom is -0.444 e. The summed E-state index contributed by atoms with van der Waals surface area (Å²) in [5.41, 5.74) is 2.58. The van der Waals surface area contributed by atoms with Gasteiger partial charge in [-0.1, -0.05) is 35.6 Å². The van der Waals surface area contributed by atoms with Crippen LogP contribution >= 0.6 is 15.9 Å². The van der Waals surface area contributed by atoms with E-state index in [9.17, 15) is 4.79 Å². The first-order valence-electron chi connectivity index (χ1n) is 11.1. The summed E-state index contributed by atoms with van der Waals surface area (Å²) in [6, 6.07) is 5.21. The summed E-state index contributed by atoms with van der Waals surface area (Å²) >= 11 is 3.63. The van der Waals surface area contributed by atoms with Crippen molar-refractivity contribution in [3.05, 3.63) is 28.0 Å². The molecule has 2 aromatic rings. The van der Waals surface area contributed by atoms with Gasteiger partial charge in [0, 0.05) is 25.7 Å². The molecule has 0 N–H and O–H groups in total. The van der Waals surface area contributed by atoms with Gasteiger partial charge in [-0.2, -0.15) is 0 Å². The summed E-state index contributed by atoms with van der Waals surface area (Å²) < 4.78 is 15.0. The Balaban J connectivity index is 1.93. The van der Waals surface area contributed by atoms with Crippen molar-refractivity contribution in [3.63, 3.8) is 0 Å². The largest absolute Gasteiger partial charge is 0.444 e. The van der Waals surface area contributed by atoms with Gasteiger partial charge < -0.3 is 14.0 Å². The van der Waals surface area contributed by atoms with Gasteiger partial charge in [0.2, 0.25) is 0 Å². The van der Waals surface area contributed by atoms with Crippen LogP contribution in [0.25, 0.3) is 11.0 Å². The molecule has 2 heterocycles. The van der Waals surface area contributed by atoms with Crippen molar-refractivity contribution in [1.82, 2.24) is 14.5 Å². The third-order valence-corrected chi connectivity index (χ3v) is 8.01. The van der Waals surface area contributed by atoms with Gasteiger partial charge in [0.15, 0.2) is 0 Å². The number of rotatable bonds is 6. The number of carbonyl (C=O) groups excluding carboxylic acids is 1. The number of halogens is 1. The molecular weight excluding hydrogens is 474 g/mol. The SMILES string of the molecule is Cc1cc2c(cc1Br)nc([C@@H]1CCCN1C(=O)OC(C)(C)C)n2COCC[Si](C)(C)C. The number of hydrogen-bond donors (Lipinski definition) is 0. The number of nitrogens with zero attached hydrogens (tertiary/aromatic N) is 3. The fraction of sp³-hybridized carbons (Fsp3) is 0.652. The van der Waals surface area contributed by atoms with E-state index in [1.165, 1.54) is 0 Å². The normalized spacial score (nSPS) is 17.5. The standard InChI is InChI=1S/C23H36BrN3O3Si/c1-16-13-20-18(14-17(16)24)25-21(27(20)15-29-11-12-31(5,6)7)19-9-8-10-26(19)22(28)30-23(2,3)4/h13-14,19H,8-12,15H2,1-7H3/t19-/m0/s1. The van der Waals surface area contributed by atoms with Crippen LogP contribution in [0.15, 0.2) is 16.6 Å². The second kappa shape index (κ2) is 9.23. The number of ether oxygens (including phenoxy) is 2. The maximum Gasteiger partial charge on any atom is 0.410 e. The molecule has 1 fully saturated rings. The number of aryl methyl sites for hydroxylation is 1.